The summed E-state index contributed by atoms with van der Waals surface area (Å²) in [4.78, 5) is 4.68. The van der Waals surface area contributed by atoms with Crippen molar-refractivity contribution in [2.75, 3.05) is 47.1 Å². The summed E-state index contributed by atoms with van der Waals surface area (Å²) in [7, 11) is 3.23. The zero-order valence-electron chi connectivity index (χ0n) is 16.7. The molecule has 1 aromatic carbocycles. The lowest BCUT2D eigenvalue weighted by Gasteiger charge is -2.27. The molecule has 7 nitrogen and oxygen atoms in total. The second-order valence-electron chi connectivity index (χ2n) is 6.64. The third-order valence-corrected chi connectivity index (χ3v) is 5.30. The highest BCUT2D eigenvalue weighted by Gasteiger charge is 2.34. The Hall–Kier alpha value is -0.780. The second-order valence-corrected chi connectivity index (χ2v) is 7.49. The molecular weight excluding hydrogens is 541 g/mol. The monoisotopic (exact) mass is 571 g/mol. The predicted molar refractivity (Wildman–Crippen MR) is 125 cm³/mol. The molecule has 3 N–H and O–H groups in total. The summed E-state index contributed by atoms with van der Waals surface area (Å²) in [6.07, 6.45) is 1.67. The highest BCUT2D eigenvalue weighted by molar-refractivity contribution is 14.0. The molecule has 0 spiro atoms. The lowest BCUT2D eigenvalue weighted by Crippen LogP contribution is -2.44. The minimum Gasteiger partial charge on any atom is -0.493 e. The van der Waals surface area contributed by atoms with Crippen molar-refractivity contribution in [2.24, 2.45) is 10.4 Å². The topological polar surface area (TPSA) is 84.3 Å². The molecule has 2 rings (SSSR count). The third-order valence-electron chi connectivity index (χ3n) is 4.72. The number of benzene rings is 1. The lowest BCUT2D eigenvalue weighted by molar-refractivity contribution is 0.127. The normalized spacial score (nSPS) is 19.1. The molecule has 1 heterocycles. The van der Waals surface area contributed by atoms with Gasteiger partial charge in [0, 0.05) is 31.7 Å². The number of aliphatic hydroxyl groups is 1. The van der Waals surface area contributed by atoms with E-state index in [0.717, 1.165) is 48.5 Å². The van der Waals surface area contributed by atoms with E-state index in [9.17, 15) is 5.11 Å². The third kappa shape index (κ3) is 6.93. The minimum atomic E-state index is -0.0305. The standard InChI is InChI=1S/C19H30BrN3O4.HI/c1-4-21-18(23-12-19(5-7-24)6-8-27-13-19)22-11-14-9-15(20)17(26-3)16(10-14)25-2;/h9-10,24H,4-8,11-13H2,1-3H3,(H2,21,22,23);1H. The molecule has 1 atom stereocenters. The van der Waals surface area contributed by atoms with E-state index >= 15 is 0 Å². The van der Waals surface area contributed by atoms with Gasteiger partial charge in [-0.3, -0.25) is 0 Å². The van der Waals surface area contributed by atoms with Gasteiger partial charge >= 0.3 is 0 Å². The molecule has 160 valence electrons. The molecule has 0 radical (unpaired) electrons. The molecular formula is C19H31BrIN3O4. The fourth-order valence-electron chi connectivity index (χ4n) is 3.16. The molecule has 1 aliphatic heterocycles. The first-order valence-electron chi connectivity index (χ1n) is 9.18. The fourth-order valence-corrected chi connectivity index (χ4v) is 3.81. The summed E-state index contributed by atoms with van der Waals surface area (Å²) in [5, 5.41) is 16.0. The Labute approximate surface area is 192 Å². The quantitative estimate of drug-likeness (QED) is 0.240. The Morgan fingerprint density at radius 2 is 2.11 bits per heavy atom. The molecule has 1 aliphatic rings. The van der Waals surface area contributed by atoms with Gasteiger partial charge in [-0.05, 0) is 53.4 Å². The first-order valence-corrected chi connectivity index (χ1v) is 9.98. The average molecular weight is 572 g/mol. The Balaban J connectivity index is 0.00000392. The molecule has 0 bridgehead atoms. The molecule has 1 unspecified atom stereocenters. The molecule has 1 aromatic rings. The van der Waals surface area contributed by atoms with E-state index in [0.29, 0.717) is 24.7 Å². The average Bonchev–Trinajstić information content (AvgIpc) is 3.12. The second kappa shape index (κ2) is 12.7. The number of hydrogen-bond acceptors (Lipinski definition) is 5. The van der Waals surface area contributed by atoms with E-state index in [-0.39, 0.29) is 36.0 Å². The number of nitrogens with zero attached hydrogens (tertiary/aromatic N) is 1. The van der Waals surface area contributed by atoms with Crippen LogP contribution in [0.1, 0.15) is 25.3 Å². The van der Waals surface area contributed by atoms with Crippen LogP contribution in [0.3, 0.4) is 0 Å². The van der Waals surface area contributed by atoms with E-state index in [2.05, 4.69) is 31.6 Å². The van der Waals surface area contributed by atoms with Gasteiger partial charge in [-0.2, -0.15) is 0 Å². The number of nitrogens with one attached hydrogen (secondary N) is 2. The zero-order valence-corrected chi connectivity index (χ0v) is 20.6. The molecule has 0 aliphatic carbocycles. The summed E-state index contributed by atoms with van der Waals surface area (Å²) >= 11 is 3.51. The van der Waals surface area contributed by atoms with Crippen LogP contribution in [0.25, 0.3) is 0 Å². The van der Waals surface area contributed by atoms with Crippen LogP contribution in [-0.4, -0.2) is 58.2 Å². The van der Waals surface area contributed by atoms with Crippen LogP contribution < -0.4 is 20.1 Å². The molecule has 9 heteroatoms. The van der Waals surface area contributed by atoms with Crippen molar-refractivity contribution in [1.29, 1.82) is 0 Å². The van der Waals surface area contributed by atoms with Crippen LogP contribution in [0, 0.1) is 5.41 Å². The summed E-state index contributed by atoms with van der Waals surface area (Å²) in [5.41, 5.74) is 0.975. The SMILES string of the molecule is CCNC(=NCc1cc(Br)c(OC)c(OC)c1)NCC1(CCO)CCOC1.I. The maximum absolute atomic E-state index is 9.37. The number of guanidine groups is 1. The number of methoxy groups -OCH3 is 2. The summed E-state index contributed by atoms with van der Waals surface area (Å²) in [6.45, 7) is 5.60. The fraction of sp³-hybridized carbons (Fsp3) is 0.632. The molecule has 0 saturated carbocycles. The highest BCUT2D eigenvalue weighted by Crippen LogP contribution is 2.36. The Morgan fingerprint density at radius 1 is 1.32 bits per heavy atom. The number of aliphatic hydroxyl groups excluding tert-OH is 1. The molecule has 0 aromatic heterocycles. The summed E-state index contributed by atoms with van der Waals surface area (Å²) in [5.74, 6) is 2.08. The van der Waals surface area contributed by atoms with Gasteiger partial charge in [0.1, 0.15) is 0 Å². The van der Waals surface area contributed by atoms with E-state index in [1.807, 2.05) is 19.1 Å². The van der Waals surface area contributed by atoms with Crippen molar-refractivity contribution in [3.63, 3.8) is 0 Å². The molecule has 1 saturated heterocycles. The summed E-state index contributed by atoms with van der Waals surface area (Å²) < 4.78 is 17.1. The van der Waals surface area contributed by atoms with Crippen LogP contribution in [0.4, 0.5) is 0 Å². The smallest absolute Gasteiger partial charge is 0.191 e. The Morgan fingerprint density at radius 3 is 2.68 bits per heavy atom. The van der Waals surface area contributed by atoms with Gasteiger partial charge in [0.25, 0.3) is 0 Å². The molecule has 1 fully saturated rings. The number of hydrogen-bond donors (Lipinski definition) is 3. The zero-order chi connectivity index (χ0) is 19.7. The van der Waals surface area contributed by atoms with Crippen molar-refractivity contribution >= 4 is 45.9 Å². The first kappa shape index (κ1) is 25.3. The number of rotatable bonds is 9. The molecule has 28 heavy (non-hydrogen) atoms. The molecule has 0 amide bonds. The van der Waals surface area contributed by atoms with Gasteiger partial charge in [0.05, 0.1) is 31.8 Å². The highest BCUT2D eigenvalue weighted by atomic mass is 127. The van der Waals surface area contributed by atoms with Crippen LogP contribution in [-0.2, 0) is 11.3 Å². The Kier molecular flexibility index (Phi) is 11.5. The van der Waals surface area contributed by atoms with Crippen molar-refractivity contribution in [3.05, 3.63) is 22.2 Å². The van der Waals surface area contributed by atoms with Crippen LogP contribution in [0.5, 0.6) is 11.5 Å². The maximum Gasteiger partial charge on any atom is 0.191 e. The van der Waals surface area contributed by atoms with E-state index < -0.39 is 0 Å². The largest absolute Gasteiger partial charge is 0.493 e. The van der Waals surface area contributed by atoms with Crippen molar-refractivity contribution < 1.29 is 19.3 Å². The van der Waals surface area contributed by atoms with Crippen LogP contribution in [0.2, 0.25) is 0 Å². The van der Waals surface area contributed by atoms with E-state index in [1.165, 1.54) is 0 Å². The van der Waals surface area contributed by atoms with Gasteiger partial charge in [-0.15, -0.1) is 24.0 Å². The van der Waals surface area contributed by atoms with Gasteiger partial charge in [0.15, 0.2) is 17.5 Å². The van der Waals surface area contributed by atoms with Gasteiger partial charge in [-0.25, -0.2) is 4.99 Å². The van der Waals surface area contributed by atoms with Crippen molar-refractivity contribution in [2.45, 2.75) is 26.3 Å². The predicted octanol–water partition coefficient (Wildman–Crippen LogP) is 2.93. The van der Waals surface area contributed by atoms with E-state index in [4.69, 9.17) is 14.2 Å². The van der Waals surface area contributed by atoms with Crippen molar-refractivity contribution in [3.8, 4) is 11.5 Å². The number of halogens is 2. The van der Waals surface area contributed by atoms with Crippen LogP contribution >= 0.6 is 39.9 Å². The first-order chi connectivity index (χ1) is 13.1. The van der Waals surface area contributed by atoms with Crippen molar-refractivity contribution in [1.82, 2.24) is 10.6 Å². The Bertz CT molecular complexity index is 640. The number of ether oxygens (including phenoxy) is 3. The van der Waals surface area contributed by atoms with Crippen LogP contribution in [0.15, 0.2) is 21.6 Å². The lowest BCUT2D eigenvalue weighted by atomic mass is 9.84. The van der Waals surface area contributed by atoms with Gasteiger partial charge < -0.3 is 30.0 Å². The van der Waals surface area contributed by atoms with Gasteiger partial charge in [0.2, 0.25) is 0 Å². The maximum atomic E-state index is 9.37. The van der Waals surface area contributed by atoms with E-state index in [1.54, 1.807) is 14.2 Å². The summed E-state index contributed by atoms with van der Waals surface area (Å²) in [6, 6.07) is 3.90. The minimum absolute atomic E-state index is 0. The number of aliphatic imine (C=N–C) groups is 1. The van der Waals surface area contributed by atoms with Gasteiger partial charge in [-0.1, -0.05) is 0 Å².